The van der Waals surface area contributed by atoms with E-state index in [0.29, 0.717) is 18.0 Å². The van der Waals surface area contributed by atoms with Crippen molar-refractivity contribution >= 4 is 11.6 Å². The van der Waals surface area contributed by atoms with Crippen molar-refractivity contribution in [2.45, 2.75) is 13.5 Å². The standard InChI is InChI=1S/C20H15F4NO4/c1-2-27-12-5-3-11(4-6-12)25-20(26)16-8-7-13(29-16)10-28-19-17(23)14(21)9-15(22)18(19)24/h3-9H,2,10H2,1H3,(H,25,26). The summed E-state index contributed by atoms with van der Waals surface area (Å²) in [5, 5.41) is 2.60. The molecule has 0 spiro atoms. The third-order valence-electron chi connectivity index (χ3n) is 3.74. The molecule has 1 amide bonds. The predicted molar refractivity (Wildman–Crippen MR) is 94.9 cm³/mol. The summed E-state index contributed by atoms with van der Waals surface area (Å²) in [4.78, 5) is 12.2. The molecule has 0 atom stereocenters. The second-order valence-corrected chi connectivity index (χ2v) is 5.76. The van der Waals surface area contributed by atoms with E-state index in [1.807, 2.05) is 6.92 Å². The highest BCUT2D eigenvalue weighted by Crippen LogP contribution is 2.27. The van der Waals surface area contributed by atoms with E-state index in [4.69, 9.17) is 13.9 Å². The van der Waals surface area contributed by atoms with Gasteiger partial charge in [-0.1, -0.05) is 0 Å². The number of rotatable bonds is 7. The molecule has 3 rings (SSSR count). The molecule has 0 fully saturated rings. The molecule has 1 N–H and O–H groups in total. The van der Waals surface area contributed by atoms with Crippen LogP contribution in [0.3, 0.4) is 0 Å². The van der Waals surface area contributed by atoms with Crippen LogP contribution in [0.2, 0.25) is 0 Å². The molecule has 5 nitrogen and oxygen atoms in total. The lowest BCUT2D eigenvalue weighted by Gasteiger charge is -2.08. The van der Waals surface area contributed by atoms with E-state index >= 15 is 0 Å². The van der Waals surface area contributed by atoms with Gasteiger partial charge in [-0.2, -0.15) is 8.78 Å². The van der Waals surface area contributed by atoms with Crippen molar-refractivity contribution in [3.63, 3.8) is 0 Å². The van der Waals surface area contributed by atoms with Crippen molar-refractivity contribution in [2.75, 3.05) is 11.9 Å². The van der Waals surface area contributed by atoms with Crippen LogP contribution in [0.15, 0.2) is 46.9 Å². The third-order valence-corrected chi connectivity index (χ3v) is 3.74. The van der Waals surface area contributed by atoms with E-state index in [9.17, 15) is 22.4 Å². The van der Waals surface area contributed by atoms with Crippen LogP contribution in [0.4, 0.5) is 23.2 Å². The zero-order chi connectivity index (χ0) is 21.0. The molecular formula is C20H15F4NO4. The van der Waals surface area contributed by atoms with Crippen molar-refractivity contribution in [1.82, 2.24) is 0 Å². The Morgan fingerprint density at radius 3 is 2.24 bits per heavy atom. The predicted octanol–water partition coefficient (Wildman–Crippen LogP) is 5.07. The Labute approximate surface area is 162 Å². The number of amides is 1. The molecule has 1 aromatic heterocycles. The van der Waals surface area contributed by atoms with E-state index in [2.05, 4.69) is 5.32 Å². The zero-order valence-corrected chi connectivity index (χ0v) is 15.1. The van der Waals surface area contributed by atoms with Crippen LogP contribution in [0, 0.1) is 23.3 Å². The number of benzene rings is 2. The number of carbonyl (C=O) groups excluding carboxylic acids is 1. The number of anilines is 1. The fourth-order valence-corrected chi connectivity index (χ4v) is 2.39. The van der Waals surface area contributed by atoms with Gasteiger partial charge in [-0.3, -0.25) is 4.79 Å². The van der Waals surface area contributed by atoms with Crippen LogP contribution < -0.4 is 14.8 Å². The molecule has 0 aliphatic rings. The summed E-state index contributed by atoms with van der Waals surface area (Å²) in [5.41, 5.74) is 0.493. The van der Waals surface area contributed by atoms with Crippen molar-refractivity contribution in [1.29, 1.82) is 0 Å². The maximum atomic E-state index is 13.6. The summed E-state index contributed by atoms with van der Waals surface area (Å²) in [7, 11) is 0. The van der Waals surface area contributed by atoms with Gasteiger partial charge in [-0.15, -0.1) is 0 Å². The third kappa shape index (κ3) is 4.68. The van der Waals surface area contributed by atoms with Gasteiger partial charge in [0.25, 0.3) is 5.91 Å². The van der Waals surface area contributed by atoms with Crippen LogP contribution in [0.1, 0.15) is 23.2 Å². The zero-order valence-electron chi connectivity index (χ0n) is 15.1. The summed E-state index contributed by atoms with van der Waals surface area (Å²) >= 11 is 0. The van der Waals surface area contributed by atoms with Gasteiger partial charge < -0.3 is 19.2 Å². The van der Waals surface area contributed by atoms with E-state index in [0.717, 1.165) is 0 Å². The largest absolute Gasteiger partial charge is 0.494 e. The highest BCUT2D eigenvalue weighted by atomic mass is 19.2. The first kappa shape index (κ1) is 20.2. The molecule has 0 aliphatic carbocycles. The monoisotopic (exact) mass is 409 g/mol. The second kappa shape index (κ2) is 8.68. The number of hydrogen-bond donors (Lipinski definition) is 1. The highest BCUT2D eigenvalue weighted by Gasteiger charge is 2.21. The maximum absolute atomic E-state index is 13.6. The fourth-order valence-electron chi connectivity index (χ4n) is 2.39. The minimum absolute atomic E-state index is 0.0188. The van der Waals surface area contributed by atoms with Gasteiger partial charge in [-0.05, 0) is 43.3 Å². The van der Waals surface area contributed by atoms with E-state index in [1.54, 1.807) is 24.3 Å². The van der Waals surface area contributed by atoms with Gasteiger partial charge in [0, 0.05) is 11.8 Å². The second-order valence-electron chi connectivity index (χ2n) is 5.76. The first-order valence-electron chi connectivity index (χ1n) is 8.47. The summed E-state index contributed by atoms with van der Waals surface area (Å²) in [5.74, 6) is -7.71. The molecule has 0 saturated heterocycles. The highest BCUT2D eigenvalue weighted by molar-refractivity contribution is 6.02. The van der Waals surface area contributed by atoms with Crippen molar-refractivity contribution in [3.8, 4) is 11.5 Å². The van der Waals surface area contributed by atoms with Crippen LogP contribution in [0.25, 0.3) is 0 Å². The molecule has 0 bridgehead atoms. The number of ether oxygens (including phenoxy) is 2. The lowest BCUT2D eigenvalue weighted by Crippen LogP contribution is -2.10. The quantitative estimate of drug-likeness (QED) is 0.437. The first-order valence-corrected chi connectivity index (χ1v) is 8.47. The molecule has 3 aromatic rings. The Morgan fingerprint density at radius 2 is 1.62 bits per heavy atom. The number of carbonyl (C=O) groups is 1. The van der Waals surface area contributed by atoms with Gasteiger partial charge in [0.2, 0.25) is 11.6 Å². The topological polar surface area (TPSA) is 60.7 Å². The number of hydrogen-bond acceptors (Lipinski definition) is 4. The van der Waals surface area contributed by atoms with Crippen LogP contribution >= 0.6 is 0 Å². The SMILES string of the molecule is CCOc1ccc(NC(=O)c2ccc(COc3c(F)c(F)cc(F)c3F)o2)cc1. The van der Waals surface area contributed by atoms with Gasteiger partial charge >= 0.3 is 0 Å². The van der Waals surface area contributed by atoms with Crippen molar-refractivity contribution in [2.24, 2.45) is 0 Å². The summed E-state index contributed by atoms with van der Waals surface area (Å²) in [6.07, 6.45) is 0. The average Bonchev–Trinajstić information content (AvgIpc) is 3.17. The molecule has 9 heteroatoms. The molecular weight excluding hydrogens is 394 g/mol. The Morgan fingerprint density at radius 1 is 0.966 bits per heavy atom. The molecule has 0 saturated carbocycles. The fraction of sp³-hybridized carbons (Fsp3) is 0.150. The molecule has 0 radical (unpaired) electrons. The Hall–Kier alpha value is -3.49. The Kier molecular flexibility index (Phi) is 6.06. The Bertz CT molecular complexity index is 992. The van der Waals surface area contributed by atoms with Gasteiger partial charge in [0.15, 0.2) is 23.1 Å². The van der Waals surface area contributed by atoms with Gasteiger partial charge in [0.05, 0.1) is 6.61 Å². The lowest BCUT2D eigenvalue weighted by molar-refractivity contribution is 0.0992. The number of halogens is 4. The van der Waals surface area contributed by atoms with E-state index in [-0.39, 0.29) is 17.6 Å². The Balaban J connectivity index is 1.64. The lowest BCUT2D eigenvalue weighted by atomic mass is 10.3. The first-order chi connectivity index (χ1) is 13.9. The normalized spacial score (nSPS) is 10.7. The van der Waals surface area contributed by atoms with Crippen molar-refractivity contribution in [3.05, 3.63) is 77.3 Å². The number of nitrogens with one attached hydrogen (secondary N) is 1. The number of furan rings is 1. The van der Waals surface area contributed by atoms with Crippen LogP contribution in [0.5, 0.6) is 11.5 Å². The molecule has 29 heavy (non-hydrogen) atoms. The minimum atomic E-state index is -1.66. The smallest absolute Gasteiger partial charge is 0.291 e. The van der Waals surface area contributed by atoms with Crippen molar-refractivity contribution < 1.29 is 36.2 Å². The molecule has 0 unspecified atom stereocenters. The minimum Gasteiger partial charge on any atom is -0.494 e. The molecule has 1 heterocycles. The maximum Gasteiger partial charge on any atom is 0.291 e. The van der Waals surface area contributed by atoms with Crippen LogP contribution in [-0.4, -0.2) is 12.5 Å². The molecule has 2 aromatic carbocycles. The molecule has 0 aliphatic heterocycles. The average molecular weight is 409 g/mol. The summed E-state index contributed by atoms with van der Waals surface area (Å²) < 4.78 is 68.9. The summed E-state index contributed by atoms with van der Waals surface area (Å²) in [6, 6.07) is 9.37. The van der Waals surface area contributed by atoms with Crippen LogP contribution in [-0.2, 0) is 6.61 Å². The van der Waals surface area contributed by atoms with Gasteiger partial charge in [-0.25, -0.2) is 8.78 Å². The van der Waals surface area contributed by atoms with E-state index in [1.165, 1.54) is 12.1 Å². The molecule has 152 valence electrons. The van der Waals surface area contributed by atoms with E-state index < -0.39 is 41.5 Å². The summed E-state index contributed by atoms with van der Waals surface area (Å²) in [6.45, 7) is 1.81. The van der Waals surface area contributed by atoms with Gasteiger partial charge in [0.1, 0.15) is 18.1 Å².